The molecule has 5 nitrogen and oxygen atoms in total. The van der Waals surface area contributed by atoms with Gasteiger partial charge in [0.1, 0.15) is 17.5 Å². The smallest absolute Gasteiger partial charge is 0.134 e. The first-order chi connectivity index (χ1) is 9.74. The molecule has 0 aromatic carbocycles. The Bertz CT molecular complexity index is 384. The normalized spacial score (nSPS) is 10.6. The molecule has 0 aliphatic rings. The number of aliphatic hydroxyl groups is 1. The minimum atomic E-state index is 0.213. The molecule has 0 aliphatic heterocycles. The van der Waals surface area contributed by atoms with Gasteiger partial charge >= 0.3 is 0 Å². The van der Waals surface area contributed by atoms with Crippen molar-refractivity contribution in [3.8, 4) is 0 Å². The molecule has 0 unspecified atom stereocenters. The van der Waals surface area contributed by atoms with Crippen molar-refractivity contribution in [2.45, 2.75) is 46.5 Å². The van der Waals surface area contributed by atoms with E-state index >= 15 is 0 Å². The van der Waals surface area contributed by atoms with Crippen molar-refractivity contribution in [3.05, 3.63) is 11.9 Å². The summed E-state index contributed by atoms with van der Waals surface area (Å²) >= 11 is 0. The van der Waals surface area contributed by atoms with Gasteiger partial charge in [0.05, 0.1) is 0 Å². The minimum absolute atomic E-state index is 0.213. The van der Waals surface area contributed by atoms with E-state index in [2.05, 4.69) is 41.0 Å². The predicted molar refractivity (Wildman–Crippen MR) is 84.4 cm³/mol. The highest BCUT2D eigenvalue weighted by Crippen LogP contribution is 2.17. The third kappa shape index (κ3) is 5.33. The average molecular weight is 280 g/mol. The third-order valence-corrected chi connectivity index (χ3v) is 3.08. The molecule has 0 saturated carbocycles. The SMILES string of the molecule is CCCNc1cc(N(CC)CCCO)nc(CCC)n1. The number of nitrogens with zero attached hydrogens (tertiary/aromatic N) is 3. The first-order valence-corrected chi connectivity index (χ1v) is 7.72. The van der Waals surface area contributed by atoms with Gasteiger partial charge in [-0.15, -0.1) is 0 Å². The number of nitrogens with one attached hydrogen (secondary N) is 1. The summed E-state index contributed by atoms with van der Waals surface area (Å²) in [7, 11) is 0. The zero-order chi connectivity index (χ0) is 14.8. The Balaban J connectivity index is 2.92. The molecule has 1 heterocycles. The molecule has 0 aliphatic carbocycles. The van der Waals surface area contributed by atoms with Crippen LogP contribution >= 0.6 is 0 Å². The van der Waals surface area contributed by atoms with E-state index in [1.165, 1.54) is 0 Å². The van der Waals surface area contributed by atoms with Crippen molar-refractivity contribution >= 4 is 11.6 Å². The molecule has 0 fully saturated rings. The Morgan fingerprint density at radius 3 is 2.60 bits per heavy atom. The second kappa shape index (κ2) is 9.53. The molecule has 0 atom stereocenters. The van der Waals surface area contributed by atoms with Crippen LogP contribution in [-0.4, -0.2) is 41.3 Å². The zero-order valence-electron chi connectivity index (χ0n) is 13.0. The van der Waals surface area contributed by atoms with Gasteiger partial charge in [-0.3, -0.25) is 0 Å². The fraction of sp³-hybridized carbons (Fsp3) is 0.733. The number of hydrogen-bond acceptors (Lipinski definition) is 5. The molecule has 0 spiro atoms. The Morgan fingerprint density at radius 1 is 1.20 bits per heavy atom. The lowest BCUT2D eigenvalue weighted by molar-refractivity contribution is 0.289. The van der Waals surface area contributed by atoms with Gasteiger partial charge < -0.3 is 15.3 Å². The molecule has 1 aromatic rings. The molecule has 20 heavy (non-hydrogen) atoms. The topological polar surface area (TPSA) is 61.3 Å². The lowest BCUT2D eigenvalue weighted by Gasteiger charge is -2.22. The minimum Gasteiger partial charge on any atom is -0.396 e. The summed E-state index contributed by atoms with van der Waals surface area (Å²) in [5, 5.41) is 12.3. The summed E-state index contributed by atoms with van der Waals surface area (Å²) in [6, 6.07) is 2.01. The number of aromatic nitrogens is 2. The molecule has 0 radical (unpaired) electrons. The van der Waals surface area contributed by atoms with Crippen molar-refractivity contribution < 1.29 is 5.11 Å². The fourth-order valence-corrected chi connectivity index (χ4v) is 2.02. The van der Waals surface area contributed by atoms with E-state index in [-0.39, 0.29) is 6.61 Å². The van der Waals surface area contributed by atoms with Crippen LogP contribution in [0.3, 0.4) is 0 Å². The molecule has 5 heteroatoms. The lowest BCUT2D eigenvalue weighted by atomic mass is 10.3. The Hall–Kier alpha value is -1.36. The molecular weight excluding hydrogens is 252 g/mol. The summed E-state index contributed by atoms with van der Waals surface area (Å²) in [4.78, 5) is 11.4. The molecule has 0 saturated heterocycles. The zero-order valence-corrected chi connectivity index (χ0v) is 13.0. The molecule has 1 aromatic heterocycles. The molecule has 114 valence electrons. The quantitative estimate of drug-likeness (QED) is 0.689. The van der Waals surface area contributed by atoms with Gasteiger partial charge in [0, 0.05) is 38.7 Å². The van der Waals surface area contributed by atoms with Crippen LogP contribution in [0.25, 0.3) is 0 Å². The molecular formula is C15H28N4O. The van der Waals surface area contributed by atoms with E-state index < -0.39 is 0 Å². The Kier molecular flexibility index (Phi) is 7.95. The monoisotopic (exact) mass is 280 g/mol. The van der Waals surface area contributed by atoms with Gasteiger partial charge in [0.25, 0.3) is 0 Å². The van der Waals surface area contributed by atoms with Crippen LogP contribution < -0.4 is 10.2 Å². The van der Waals surface area contributed by atoms with Crippen molar-refractivity contribution in [3.63, 3.8) is 0 Å². The van der Waals surface area contributed by atoms with Gasteiger partial charge in [-0.05, 0) is 26.2 Å². The number of aryl methyl sites for hydroxylation is 1. The van der Waals surface area contributed by atoms with Crippen LogP contribution in [-0.2, 0) is 6.42 Å². The van der Waals surface area contributed by atoms with E-state index in [1.807, 2.05) is 6.07 Å². The van der Waals surface area contributed by atoms with Gasteiger partial charge in [0.2, 0.25) is 0 Å². The third-order valence-electron chi connectivity index (χ3n) is 3.08. The fourth-order valence-electron chi connectivity index (χ4n) is 2.02. The second-order valence-electron chi connectivity index (χ2n) is 4.86. The highest BCUT2D eigenvalue weighted by molar-refractivity contribution is 5.49. The number of rotatable bonds is 10. The summed E-state index contributed by atoms with van der Waals surface area (Å²) in [5.41, 5.74) is 0. The van der Waals surface area contributed by atoms with Gasteiger partial charge in [0.15, 0.2) is 0 Å². The van der Waals surface area contributed by atoms with Crippen LogP contribution in [0.4, 0.5) is 11.6 Å². The Labute approximate surface area is 122 Å². The maximum Gasteiger partial charge on any atom is 0.134 e. The van der Waals surface area contributed by atoms with Crippen LogP contribution in [0.2, 0.25) is 0 Å². The van der Waals surface area contributed by atoms with Crippen LogP contribution in [0, 0.1) is 0 Å². The Morgan fingerprint density at radius 2 is 2.00 bits per heavy atom. The van der Waals surface area contributed by atoms with Crippen LogP contribution in [0.5, 0.6) is 0 Å². The highest BCUT2D eigenvalue weighted by Gasteiger charge is 2.10. The van der Waals surface area contributed by atoms with E-state index in [1.54, 1.807) is 0 Å². The van der Waals surface area contributed by atoms with Gasteiger partial charge in [-0.25, -0.2) is 9.97 Å². The predicted octanol–water partition coefficient (Wildman–Crippen LogP) is 2.46. The maximum atomic E-state index is 9.00. The lowest BCUT2D eigenvalue weighted by Crippen LogP contribution is -2.26. The largest absolute Gasteiger partial charge is 0.396 e. The first kappa shape index (κ1) is 16.7. The summed E-state index contributed by atoms with van der Waals surface area (Å²) in [5.74, 6) is 2.76. The highest BCUT2D eigenvalue weighted by atomic mass is 16.3. The number of aliphatic hydroxyl groups excluding tert-OH is 1. The van der Waals surface area contributed by atoms with E-state index in [0.717, 1.165) is 62.8 Å². The molecule has 1 rings (SSSR count). The van der Waals surface area contributed by atoms with Crippen LogP contribution in [0.15, 0.2) is 6.07 Å². The van der Waals surface area contributed by atoms with E-state index in [0.29, 0.717) is 0 Å². The van der Waals surface area contributed by atoms with Crippen molar-refractivity contribution in [1.82, 2.24) is 9.97 Å². The molecule has 2 N–H and O–H groups in total. The number of hydrogen-bond donors (Lipinski definition) is 2. The molecule has 0 bridgehead atoms. The molecule has 0 amide bonds. The van der Waals surface area contributed by atoms with Crippen molar-refractivity contribution in [1.29, 1.82) is 0 Å². The maximum absolute atomic E-state index is 9.00. The van der Waals surface area contributed by atoms with E-state index in [9.17, 15) is 0 Å². The van der Waals surface area contributed by atoms with Crippen molar-refractivity contribution in [2.75, 3.05) is 36.5 Å². The standard InChI is InChI=1S/C15H28N4O/c1-4-8-13-17-14(16-9-5-2)12-15(18-13)19(6-3)10-7-11-20/h12,20H,4-11H2,1-3H3,(H,16,17,18). The summed E-state index contributed by atoms with van der Waals surface area (Å²) < 4.78 is 0. The van der Waals surface area contributed by atoms with Gasteiger partial charge in [-0.1, -0.05) is 13.8 Å². The number of anilines is 2. The summed E-state index contributed by atoms with van der Waals surface area (Å²) in [6.45, 7) is 9.23. The first-order valence-electron chi connectivity index (χ1n) is 7.72. The average Bonchev–Trinajstić information content (AvgIpc) is 2.46. The van der Waals surface area contributed by atoms with Crippen molar-refractivity contribution in [2.24, 2.45) is 0 Å². The summed E-state index contributed by atoms with van der Waals surface area (Å²) in [6.07, 6.45) is 3.77. The second-order valence-corrected chi connectivity index (χ2v) is 4.86. The van der Waals surface area contributed by atoms with Gasteiger partial charge in [-0.2, -0.15) is 0 Å². The van der Waals surface area contributed by atoms with E-state index in [4.69, 9.17) is 5.11 Å². The van der Waals surface area contributed by atoms with Crippen LogP contribution in [0.1, 0.15) is 45.9 Å².